The zero-order chi connectivity index (χ0) is 20.1. The van der Waals surface area contributed by atoms with Crippen LogP contribution < -0.4 is 0 Å². The SMILES string of the molecule is COC(=O)C(C(C)C)N(C)C(=O)CN(C)C(=O)C1CN1Cc1ccccc1. The predicted octanol–water partition coefficient (Wildman–Crippen LogP) is 0.985. The van der Waals surface area contributed by atoms with Gasteiger partial charge in [-0.15, -0.1) is 0 Å². The number of benzene rings is 1. The van der Waals surface area contributed by atoms with E-state index in [0.29, 0.717) is 6.54 Å². The Morgan fingerprint density at radius 2 is 1.81 bits per heavy atom. The molecule has 0 radical (unpaired) electrons. The zero-order valence-corrected chi connectivity index (χ0v) is 16.7. The second-order valence-corrected chi connectivity index (χ2v) is 7.34. The van der Waals surface area contributed by atoms with E-state index in [9.17, 15) is 14.4 Å². The van der Waals surface area contributed by atoms with Crippen molar-refractivity contribution in [2.75, 3.05) is 34.3 Å². The van der Waals surface area contributed by atoms with Crippen LogP contribution in [0.25, 0.3) is 0 Å². The highest BCUT2D eigenvalue weighted by molar-refractivity contribution is 5.90. The Hall–Kier alpha value is -2.41. The molecular formula is C20H29N3O4. The van der Waals surface area contributed by atoms with Crippen LogP contribution in [0.5, 0.6) is 0 Å². The van der Waals surface area contributed by atoms with Gasteiger partial charge in [0, 0.05) is 27.2 Å². The topological polar surface area (TPSA) is 69.9 Å². The summed E-state index contributed by atoms with van der Waals surface area (Å²) in [5.74, 6) is -0.902. The summed E-state index contributed by atoms with van der Waals surface area (Å²) in [5, 5.41) is 0. The summed E-state index contributed by atoms with van der Waals surface area (Å²) in [5.41, 5.74) is 1.16. The maximum Gasteiger partial charge on any atom is 0.328 e. The van der Waals surface area contributed by atoms with Gasteiger partial charge in [-0.3, -0.25) is 14.5 Å². The normalized spacial score (nSPS) is 19.3. The summed E-state index contributed by atoms with van der Waals surface area (Å²) in [7, 11) is 4.50. The quantitative estimate of drug-likeness (QED) is 0.501. The Morgan fingerprint density at radius 1 is 1.19 bits per heavy atom. The van der Waals surface area contributed by atoms with Crippen molar-refractivity contribution >= 4 is 17.8 Å². The van der Waals surface area contributed by atoms with Gasteiger partial charge in [0.05, 0.1) is 13.7 Å². The fraction of sp³-hybridized carbons (Fsp3) is 0.550. The number of carbonyl (C=O) groups is 3. The summed E-state index contributed by atoms with van der Waals surface area (Å²) < 4.78 is 4.80. The van der Waals surface area contributed by atoms with E-state index < -0.39 is 12.0 Å². The van der Waals surface area contributed by atoms with Gasteiger partial charge in [-0.05, 0) is 11.5 Å². The summed E-state index contributed by atoms with van der Waals surface area (Å²) >= 11 is 0. The molecule has 0 N–H and O–H groups in total. The van der Waals surface area contributed by atoms with Crippen molar-refractivity contribution in [3.05, 3.63) is 35.9 Å². The summed E-state index contributed by atoms with van der Waals surface area (Å²) in [4.78, 5) is 41.9. The van der Waals surface area contributed by atoms with Crippen molar-refractivity contribution in [2.45, 2.75) is 32.5 Å². The molecule has 0 aliphatic carbocycles. The lowest BCUT2D eigenvalue weighted by Gasteiger charge is -2.30. The number of nitrogens with zero attached hydrogens (tertiary/aromatic N) is 3. The molecular weight excluding hydrogens is 346 g/mol. The van der Waals surface area contributed by atoms with Crippen molar-refractivity contribution in [1.29, 1.82) is 0 Å². The monoisotopic (exact) mass is 375 g/mol. The molecule has 1 aromatic rings. The smallest absolute Gasteiger partial charge is 0.328 e. The zero-order valence-electron chi connectivity index (χ0n) is 16.7. The van der Waals surface area contributed by atoms with E-state index in [1.165, 1.54) is 16.9 Å². The van der Waals surface area contributed by atoms with Gasteiger partial charge in [0.1, 0.15) is 12.1 Å². The molecule has 3 atom stereocenters. The highest BCUT2D eigenvalue weighted by Crippen LogP contribution is 2.23. The first-order valence-electron chi connectivity index (χ1n) is 9.12. The minimum atomic E-state index is -0.665. The summed E-state index contributed by atoms with van der Waals surface area (Å²) in [6, 6.07) is 9.12. The Balaban J connectivity index is 1.88. The molecule has 3 unspecified atom stereocenters. The number of likely N-dealkylation sites (N-methyl/N-ethyl adjacent to an activating group) is 2. The van der Waals surface area contributed by atoms with E-state index in [-0.39, 0.29) is 30.3 Å². The predicted molar refractivity (Wildman–Crippen MR) is 102 cm³/mol. The van der Waals surface area contributed by atoms with E-state index in [0.717, 1.165) is 12.1 Å². The molecule has 0 spiro atoms. The molecule has 0 aromatic heterocycles. The van der Waals surface area contributed by atoms with Crippen molar-refractivity contribution in [1.82, 2.24) is 14.7 Å². The first kappa shape index (κ1) is 20.9. The van der Waals surface area contributed by atoms with Gasteiger partial charge in [0.2, 0.25) is 11.8 Å². The van der Waals surface area contributed by atoms with Crippen LogP contribution in [-0.2, 0) is 25.7 Å². The van der Waals surface area contributed by atoms with Gasteiger partial charge in [0.25, 0.3) is 0 Å². The molecule has 7 heteroatoms. The van der Waals surface area contributed by atoms with Crippen LogP contribution in [0.15, 0.2) is 30.3 Å². The van der Waals surface area contributed by atoms with E-state index in [2.05, 4.69) is 4.90 Å². The van der Waals surface area contributed by atoms with Crippen LogP contribution in [0.4, 0.5) is 0 Å². The maximum atomic E-state index is 12.6. The largest absolute Gasteiger partial charge is 0.467 e. The Bertz CT molecular complexity index is 677. The lowest BCUT2D eigenvalue weighted by atomic mass is 10.0. The minimum absolute atomic E-state index is 0.0643. The molecule has 2 rings (SSSR count). The number of ether oxygens (including phenoxy) is 1. The van der Waals surface area contributed by atoms with Crippen LogP contribution in [0.3, 0.4) is 0 Å². The first-order chi connectivity index (χ1) is 12.8. The van der Waals surface area contributed by atoms with Crippen LogP contribution in [0, 0.1) is 5.92 Å². The standard InChI is InChI=1S/C20H29N3O4/c1-14(2)18(20(26)27-5)22(4)17(24)13-21(3)19(25)16-12-23(16)11-15-9-7-6-8-10-15/h6-10,14,16,18H,11-13H2,1-5H3. The van der Waals surface area contributed by atoms with Gasteiger partial charge in [0.15, 0.2) is 0 Å². The molecule has 0 saturated carbocycles. The number of esters is 1. The van der Waals surface area contributed by atoms with Crippen LogP contribution >= 0.6 is 0 Å². The molecule has 27 heavy (non-hydrogen) atoms. The Labute approximate surface area is 160 Å². The minimum Gasteiger partial charge on any atom is -0.467 e. The Kier molecular flexibility index (Phi) is 6.96. The van der Waals surface area contributed by atoms with E-state index >= 15 is 0 Å². The molecule has 1 aromatic carbocycles. The van der Waals surface area contributed by atoms with Gasteiger partial charge in [-0.25, -0.2) is 4.79 Å². The van der Waals surface area contributed by atoms with Gasteiger partial charge >= 0.3 is 5.97 Å². The second kappa shape index (κ2) is 8.99. The van der Waals surface area contributed by atoms with Crippen molar-refractivity contribution in [2.24, 2.45) is 5.92 Å². The molecule has 7 nitrogen and oxygen atoms in total. The lowest BCUT2D eigenvalue weighted by Crippen LogP contribution is -2.50. The highest BCUT2D eigenvalue weighted by Gasteiger charge is 2.42. The Morgan fingerprint density at radius 3 is 2.37 bits per heavy atom. The van der Waals surface area contributed by atoms with Crippen molar-refractivity contribution in [3.63, 3.8) is 0 Å². The van der Waals surface area contributed by atoms with Gasteiger partial charge in [-0.1, -0.05) is 44.2 Å². The number of rotatable bonds is 8. The molecule has 1 aliphatic heterocycles. The number of hydrogen-bond donors (Lipinski definition) is 0. The lowest BCUT2D eigenvalue weighted by molar-refractivity contribution is -0.154. The third-order valence-electron chi connectivity index (χ3n) is 4.86. The third kappa shape index (κ3) is 5.29. The number of methoxy groups -OCH3 is 1. The highest BCUT2D eigenvalue weighted by atomic mass is 16.5. The van der Waals surface area contributed by atoms with Gasteiger partial charge in [-0.2, -0.15) is 0 Å². The molecule has 2 amide bonds. The second-order valence-electron chi connectivity index (χ2n) is 7.34. The number of carbonyl (C=O) groups excluding carboxylic acids is 3. The van der Waals surface area contributed by atoms with Crippen LogP contribution in [-0.4, -0.2) is 78.9 Å². The molecule has 1 fully saturated rings. The summed E-state index contributed by atoms with van der Waals surface area (Å²) in [6.45, 7) is 5.05. The molecule has 148 valence electrons. The fourth-order valence-corrected chi connectivity index (χ4v) is 3.20. The van der Waals surface area contributed by atoms with E-state index in [1.54, 1.807) is 14.1 Å². The van der Waals surface area contributed by atoms with Crippen molar-refractivity contribution < 1.29 is 19.1 Å². The fourth-order valence-electron chi connectivity index (χ4n) is 3.20. The van der Waals surface area contributed by atoms with Crippen LogP contribution in [0.1, 0.15) is 19.4 Å². The molecule has 0 bridgehead atoms. The van der Waals surface area contributed by atoms with E-state index in [4.69, 9.17) is 4.74 Å². The summed E-state index contributed by atoms with van der Waals surface area (Å²) in [6.07, 6.45) is 0. The van der Waals surface area contributed by atoms with Crippen molar-refractivity contribution in [3.8, 4) is 0 Å². The molecule has 1 aliphatic rings. The van der Waals surface area contributed by atoms with Crippen LogP contribution in [0.2, 0.25) is 0 Å². The average Bonchev–Trinajstić information content (AvgIpc) is 3.40. The molecule has 1 saturated heterocycles. The first-order valence-corrected chi connectivity index (χ1v) is 9.12. The third-order valence-corrected chi connectivity index (χ3v) is 4.86. The van der Waals surface area contributed by atoms with Gasteiger partial charge < -0.3 is 14.5 Å². The average molecular weight is 375 g/mol. The van der Waals surface area contributed by atoms with E-state index in [1.807, 2.05) is 44.2 Å². The molecule has 1 heterocycles. The number of hydrogen-bond acceptors (Lipinski definition) is 5. The number of amides is 2. The maximum absolute atomic E-state index is 12.6.